The summed E-state index contributed by atoms with van der Waals surface area (Å²) >= 11 is 1.28. The number of hydrogen-bond donors (Lipinski definition) is 0. The van der Waals surface area contributed by atoms with Crippen molar-refractivity contribution in [3.05, 3.63) is 34.7 Å². The van der Waals surface area contributed by atoms with Crippen LogP contribution in [0.2, 0.25) is 0 Å². The van der Waals surface area contributed by atoms with Crippen LogP contribution in [0.1, 0.15) is 23.8 Å². The molecule has 0 atom stereocenters. The Morgan fingerprint density at radius 3 is 2.70 bits per heavy atom. The summed E-state index contributed by atoms with van der Waals surface area (Å²) in [5.74, 6) is -0.291. The zero-order valence-corrected chi connectivity index (χ0v) is 11.6. The van der Waals surface area contributed by atoms with Gasteiger partial charge in [0.25, 0.3) is 0 Å². The molecule has 0 aliphatic carbocycles. The maximum atomic E-state index is 12.6. The van der Waals surface area contributed by atoms with Gasteiger partial charge in [0.2, 0.25) is 0 Å². The number of carbonyl (C=O) groups is 1. The number of esters is 1. The van der Waals surface area contributed by atoms with Crippen LogP contribution < -0.4 is 0 Å². The van der Waals surface area contributed by atoms with Crippen LogP contribution in [-0.2, 0) is 22.1 Å². The highest BCUT2D eigenvalue weighted by atomic mass is 32.1. The third-order valence-corrected chi connectivity index (χ3v) is 3.94. The summed E-state index contributed by atoms with van der Waals surface area (Å²) in [6.07, 6.45) is -3.60. The van der Waals surface area contributed by atoms with Crippen LogP contribution in [0.4, 0.5) is 13.2 Å². The molecule has 1 heterocycles. The van der Waals surface area contributed by atoms with Gasteiger partial charge in [0, 0.05) is 9.58 Å². The summed E-state index contributed by atoms with van der Waals surface area (Å²) in [5, 5.41) is 0.766. The van der Waals surface area contributed by atoms with Gasteiger partial charge in [-0.15, -0.1) is 11.3 Å². The topological polar surface area (TPSA) is 26.3 Å². The van der Waals surface area contributed by atoms with Crippen molar-refractivity contribution >= 4 is 27.4 Å². The van der Waals surface area contributed by atoms with E-state index in [1.807, 2.05) is 6.07 Å². The average Bonchev–Trinajstić information content (AvgIpc) is 2.77. The molecule has 0 fully saturated rings. The molecule has 20 heavy (non-hydrogen) atoms. The standard InChI is InChI=1S/C14H13F3O2S/c1-2-19-13(18)6-5-11-7-9-3-4-10(14(15,16)17)8-12(9)20-11/h3-4,7-8H,2,5-6H2,1H3. The lowest BCUT2D eigenvalue weighted by atomic mass is 10.1. The van der Waals surface area contributed by atoms with Gasteiger partial charge in [-0.1, -0.05) is 6.07 Å². The van der Waals surface area contributed by atoms with E-state index in [1.54, 1.807) is 6.92 Å². The van der Waals surface area contributed by atoms with Crippen LogP contribution in [0.5, 0.6) is 0 Å². The van der Waals surface area contributed by atoms with Gasteiger partial charge >= 0.3 is 12.1 Å². The van der Waals surface area contributed by atoms with Crippen LogP contribution in [0.25, 0.3) is 10.1 Å². The van der Waals surface area contributed by atoms with Gasteiger partial charge in [-0.3, -0.25) is 4.79 Å². The zero-order chi connectivity index (χ0) is 14.8. The minimum absolute atomic E-state index is 0.243. The molecule has 0 amide bonds. The van der Waals surface area contributed by atoms with Crippen LogP contribution in [0, 0.1) is 0 Å². The molecule has 0 aliphatic rings. The van der Waals surface area contributed by atoms with Gasteiger partial charge in [-0.05, 0) is 36.9 Å². The summed E-state index contributed by atoms with van der Waals surface area (Å²) < 4.78 is 43.2. The Morgan fingerprint density at radius 2 is 2.05 bits per heavy atom. The monoisotopic (exact) mass is 302 g/mol. The fraction of sp³-hybridized carbons (Fsp3) is 0.357. The summed E-state index contributed by atoms with van der Waals surface area (Å²) in [6.45, 7) is 2.07. The Hall–Kier alpha value is -1.56. The quantitative estimate of drug-likeness (QED) is 0.782. The number of halogens is 3. The fourth-order valence-electron chi connectivity index (χ4n) is 1.84. The second-order valence-electron chi connectivity index (χ2n) is 4.27. The zero-order valence-electron chi connectivity index (χ0n) is 10.8. The van der Waals surface area contributed by atoms with E-state index < -0.39 is 11.7 Å². The Morgan fingerprint density at radius 1 is 1.30 bits per heavy atom. The molecule has 0 radical (unpaired) electrons. The Balaban J connectivity index is 2.15. The number of ether oxygens (including phenoxy) is 1. The highest BCUT2D eigenvalue weighted by Crippen LogP contribution is 2.34. The van der Waals surface area contributed by atoms with E-state index in [9.17, 15) is 18.0 Å². The molecule has 0 saturated heterocycles. The molecule has 0 spiro atoms. The largest absolute Gasteiger partial charge is 0.466 e. The van der Waals surface area contributed by atoms with Gasteiger partial charge in [-0.25, -0.2) is 0 Å². The van der Waals surface area contributed by atoms with Gasteiger partial charge in [0.15, 0.2) is 0 Å². The molecule has 6 heteroatoms. The molecular weight excluding hydrogens is 289 g/mol. The molecule has 1 aromatic heterocycles. The number of aryl methyl sites for hydroxylation is 1. The SMILES string of the molecule is CCOC(=O)CCc1cc2ccc(C(F)(F)F)cc2s1. The third-order valence-electron chi connectivity index (χ3n) is 2.78. The lowest BCUT2D eigenvalue weighted by molar-refractivity contribution is -0.143. The third kappa shape index (κ3) is 3.50. The molecule has 0 N–H and O–H groups in total. The Labute approximate surface area is 118 Å². The van der Waals surface area contributed by atoms with Crippen LogP contribution in [-0.4, -0.2) is 12.6 Å². The second-order valence-corrected chi connectivity index (χ2v) is 5.44. The average molecular weight is 302 g/mol. The minimum atomic E-state index is -4.33. The van der Waals surface area contributed by atoms with E-state index in [0.717, 1.165) is 22.4 Å². The molecule has 0 saturated carbocycles. The van der Waals surface area contributed by atoms with Crippen molar-refractivity contribution in [2.24, 2.45) is 0 Å². The Kier molecular flexibility index (Phi) is 4.32. The molecule has 0 aliphatic heterocycles. The van der Waals surface area contributed by atoms with Crippen LogP contribution in [0.3, 0.4) is 0 Å². The maximum absolute atomic E-state index is 12.6. The summed E-state index contributed by atoms with van der Waals surface area (Å²) in [4.78, 5) is 12.1. The van der Waals surface area contributed by atoms with E-state index in [1.165, 1.54) is 17.4 Å². The summed E-state index contributed by atoms with van der Waals surface area (Å²) in [7, 11) is 0. The van der Waals surface area contributed by atoms with E-state index in [-0.39, 0.29) is 12.4 Å². The fourth-order valence-corrected chi connectivity index (χ4v) is 2.95. The number of rotatable bonds is 4. The van der Waals surface area contributed by atoms with Crippen molar-refractivity contribution < 1.29 is 22.7 Å². The number of fused-ring (bicyclic) bond motifs is 1. The number of thiophene rings is 1. The van der Waals surface area contributed by atoms with Crippen molar-refractivity contribution in [3.8, 4) is 0 Å². The van der Waals surface area contributed by atoms with Gasteiger partial charge in [0.1, 0.15) is 0 Å². The molecule has 0 unspecified atom stereocenters. The number of hydrogen-bond acceptors (Lipinski definition) is 3. The first kappa shape index (κ1) is 14.8. The van der Waals surface area contributed by atoms with Gasteiger partial charge < -0.3 is 4.74 Å². The maximum Gasteiger partial charge on any atom is 0.416 e. The van der Waals surface area contributed by atoms with Crippen LogP contribution in [0.15, 0.2) is 24.3 Å². The molecule has 2 aromatic rings. The summed E-state index contributed by atoms with van der Waals surface area (Å²) in [5.41, 5.74) is -0.649. The predicted molar refractivity (Wildman–Crippen MR) is 71.8 cm³/mol. The van der Waals surface area contributed by atoms with E-state index in [4.69, 9.17) is 4.74 Å². The van der Waals surface area contributed by atoms with E-state index >= 15 is 0 Å². The van der Waals surface area contributed by atoms with Crippen molar-refractivity contribution in [2.75, 3.05) is 6.61 Å². The number of carbonyl (C=O) groups excluding carboxylic acids is 1. The molecule has 2 nitrogen and oxygen atoms in total. The normalized spacial score (nSPS) is 11.8. The number of alkyl halides is 3. The summed E-state index contributed by atoms with van der Waals surface area (Å²) in [6, 6.07) is 5.50. The van der Waals surface area contributed by atoms with Gasteiger partial charge in [0.05, 0.1) is 18.6 Å². The first-order valence-electron chi connectivity index (χ1n) is 6.15. The van der Waals surface area contributed by atoms with Crippen LogP contribution >= 0.6 is 11.3 Å². The van der Waals surface area contributed by atoms with Crippen molar-refractivity contribution in [1.82, 2.24) is 0 Å². The molecule has 0 bridgehead atoms. The van der Waals surface area contributed by atoms with Gasteiger partial charge in [-0.2, -0.15) is 13.2 Å². The second kappa shape index (κ2) is 5.83. The minimum Gasteiger partial charge on any atom is -0.466 e. The first-order chi connectivity index (χ1) is 9.40. The molecule has 108 valence electrons. The predicted octanol–water partition coefficient (Wildman–Crippen LogP) is 4.42. The van der Waals surface area contributed by atoms with Crippen molar-refractivity contribution in [3.63, 3.8) is 0 Å². The van der Waals surface area contributed by atoms with Crippen molar-refractivity contribution in [1.29, 1.82) is 0 Å². The lowest BCUT2D eigenvalue weighted by Crippen LogP contribution is -2.04. The highest BCUT2D eigenvalue weighted by Gasteiger charge is 2.30. The van der Waals surface area contributed by atoms with Crippen molar-refractivity contribution in [2.45, 2.75) is 25.9 Å². The van der Waals surface area contributed by atoms with E-state index in [2.05, 4.69) is 0 Å². The van der Waals surface area contributed by atoms with E-state index in [0.29, 0.717) is 17.7 Å². The Bertz CT molecular complexity index is 616. The lowest BCUT2D eigenvalue weighted by Gasteiger charge is -2.05. The highest BCUT2D eigenvalue weighted by molar-refractivity contribution is 7.19. The molecule has 2 rings (SSSR count). The molecule has 1 aromatic carbocycles. The molecular formula is C14H13F3O2S. The smallest absolute Gasteiger partial charge is 0.416 e. The number of benzene rings is 1. The first-order valence-corrected chi connectivity index (χ1v) is 6.97.